The summed E-state index contributed by atoms with van der Waals surface area (Å²) >= 11 is 0. The van der Waals surface area contributed by atoms with E-state index in [0.717, 1.165) is 17.7 Å². The molecule has 13 heavy (non-hydrogen) atoms. The highest BCUT2D eigenvalue weighted by molar-refractivity contribution is 5.30. The quantitative estimate of drug-likeness (QED) is 0.716. The molecule has 0 bridgehead atoms. The molecule has 0 heterocycles. The van der Waals surface area contributed by atoms with Crippen molar-refractivity contribution < 1.29 is 0 Å². The maximum Gasteiger partial charge on any atom is 0.106 e. The van der Waals surface area contributed by atoms with E-state index in [1.54, 1.807) is 0 Å². The number of nitroso groups, excluding NO2 is 1. The van der Waals surface area contributed by atoms with Crippen LogP contribution in [0, 0.1) is 11.8 Å². The molecule has 0 saturated carbocycles. The molecular formula is C10H14N2O. The summed E-state index contributed by atoms with van der Waals surface area (Å²) in [6, 6.07) is 6.06. The molecule has 0 aliphatic rings. The summed E-state index contributed by atoms with van der Waals surface area (Å²) in [7, 11) is 1.91. The second kappa shape index (κ2) is 4.72. The Balaban J connectivity index is 2.84. The minimum absolute atomic E-state index is 0.270. The lowest BCUT2D eigenvalue weighted by molar-refractivity contribution is 0.815. The van der Waals surface area contributed by atoms with Crippen molar-refractivity contribution in [3.63, 3.8) is 0 Å². The summed E-state index contributed by atoms with van der Waals surface area (Å²) in [5, 5.41) is 5.95. The van der Waals surface area contributed by atoms with E-state index in [2.05, 4.69) is 16.6 Å². The van der Waals surface area contributed by atoms with E-state index < -0.39 is 0 Å². The van der Waals surface area contributed by atoms with Crippen molar-refractivity contribution >= 4 is 0 Å². The van der Waals surface area contributed by atoms with Gasteiger partial charge in [-0.2, -0.15) is 4.91 Å². The number of hydrogen-bond donors (Lipinski definition) is 1. The predicted octanol–water partition coefficient (Wildman–Crippen LogP) is 1.98. The van der Waals surface area contributed by atoms with Crippen molar-refractivity contribution in [1.82, 2.24) is 5.32 Å². The Labute approximate surface area is 78.1 Å². The molecule has 0 atom stereocenters. The van der Waals surface area contributed by atoms with Crippen LogP contribution in [0.2, 0.25) is 0 Å². The van der Waals surface area contributed by atoms with Crippen LogP contribution < -0.4 is 5.32 Å². The lowest BCUT2D eigenvalue weighted by Gasteiger charge is -2.04. The SMILES string of the molecule is CNCc1ccc(CN=O)c(C)c1. The average molecular weight is 178 g/mol. The summed E-state index contributed by atoms with van der Waals surface area (Å²) in [5.41, 5.74) is 3.37. The molecule has 0 unspecified atom stereocenters. The first kappa shape index (κ1) is 9.86. The zero-order valence-corrected chi connectivity index (χ0v) is 8.00. The maximum absolute atomic E-state index is 10.1. The average Bonchev–Trinajstić information content (AvgIpc) is 2.10. The third kappa shape index (κ3) is 2.63. The molecule has 1 aromatic rings. The molecule has 0 amide bonds. The van der Waals surface area contributed by atoms with Gasteiger partial charge < -0.3 is 5.32 Å². The van der Waals surface area contributed by atoms with Crippen LogP contribution in [0.25, 0.3) is 0 Å². The van der Waals surface area contributed by atoms with Gasteiger partial charge in [0.1, 0.15) is 6.54 Å². The van der Waals surface area contributed by atoms with Gasteiger partial charge in [-0.05, 0) is 30.7 Å². The number of aryl methyl sites for hydroxylation is 1. The molecule has 0 aromatic heterocycles. The highest BCUT2D eigenvalue weighted by atomic mass is 16.3. The van der Waals surface area contributed by atoms with E-state index >= 15 is 0 Å². The Morgan fingerprint density at radius 3 is 2.77 bits per heavy atom. The lowest BCUT2D eigenvalue weighted by Crippen LogP contribution is -2.05. The van der Waals surface area contributed by atoms with E-state index in [-0.39, 0.29) is 6.54 Å². The third-order valence-corrected chi connectivity index (χ3v) is 2.02. The number of nitrogens with zero attached hydrogens (tertiary/aromatic N) is 1. The molecule has 0 saturated heterocycles. The monoisotopic (exact) mass is 178 g/mol. The summed E-state index contributed by atoms with van der Waals surface area (Å²) < 4.78 is 0. The standard InChI is InChI=1S/C10H14N2O/c1-8-5-9(6-11-2)3-4-10(8)7-12-13/h3-5,11H,6-7H2,1-2H3. The van der Waals surface area contributed by atoms with E-state index in [1.165, 1.54) is 5.56 Å². The van der Waals surface area contributed by atoms with Crippen LogP contribution in [-0.2, 0) is 13.1 Å². The van der Waals surface area contributed by atoms with Crippen LogP contribution >= 0.6 is 0 Å². The smallest absolute Gasteiger partial charge is 0.106 e. The van der Waals surface area contributed by atoms with Gasteiger partial charge in [-0.1, -0.05) is 23.4 Å². The first-order valence-corrected chi connectivity index (χ1v) is 4.30. The third-order valence-electron chi connectivity index (χ3n) is 2.02. The van der Waals surface area contributed by atoms with Gasteiger partial charge in [0.15, 0.2) is 0 Å². The minimum atomic E-state index is 0.270. The van der Waals surface area contributed by atoms with Crippen molar-refractivity contribution in [1.29, 1.82) is 0 Å². The second-order valence-electron chi connectivity index (χ2n) is 3.08. The molecule has 0 fully saturated rings. The van der Waals surface area contributed by atoms with Crippen LogP contribution in [0.3, 0.4) is 0 Å². The van der Waals surface area contributed by atoms with Crippen LogP contribution in [0.5, 0.6) is 0 Å². The first-order chi connectivity index (χ1) is 6.27. The van der Waals surface area contributed by atoms with Gasteiger partial charge in [0.2, 0.25) is 0 Å². The van der Waals surface area contributed by atoms with Gasteiger partial charge in [-0.15, -0.1) is 0 Å². The summed E-state index contributed by atoms with van der Waals surface area (Å²) in [4.78, 5) is 10.1. The van der Waals surface area contributed by atoms with Gasteiger partial charge in [0.25, 0.3) is 0 Å². The molecule has 0 aliphatic carbocycles. The molecule has 1 N–H and O–H groups in total. The summed E-state index contributed by atoms with van der Waals surface area (Å²) in [6.45, 7) is 3.13. The normalized spacial score (nSPS) is 10.0. The van der Waals surface area contributed by atoms with Crippen molar-refractivity contribution in [3.05, 3.63) is 39.8 Å². The second-order valence-corrected chi connectivity index (χ2v) is 3.08. The Hall–Kier alpha value is -1.22. The largest absolute Gasteiger partial charge is 0.316 e. The minimum Gasteiger partial charge on any atom is -0.316 e. The van der Waals surface area contributed by atoms with Crippen molar-refractivity contribution in [2.24, 2.45) is 5.18 Å². The molecule has 3 heteroatoms. The fourth-order valence-electron chi connectivity index (χ4n) is 1.32. The van der Waals surface area contributed by atoms with Crippen LogP contribution in [0.15, 0.2) is 23.4 Å². The highest BCUT2D eigenvalue weighted by Crippen LogP contribution is 2.11. The molecule has 3 nitrogen and oxygen atoms in total. The Morgan fingerprint density at radius 2 is 2.23 bits per heavy atom. The van der Waals surface area contributed by atoms with E-state index in [4.69, 9.17) is 0 Å². The molecule has 1 rings (SSSR count). The van der Waals surface area contributed by atoms with E-state index in [1.807, 2.05) is 26.1 Å². The molecule has 0 spiro atoms. The van der Waals surface area contributed by atoms with Crippen molar-refractivity contribution in [2.45, 2.75) is 20.0 Å². The molecule has 1 aromatic carbocycles. The van der Waals surface area contributed by atoms with Gasteiger partial charge in [0.05, 0.1) is 0 Å². The van der Waals surface area contributed by atoms with Crippen molar-refractivity contribution in [2.75, 3.05) is 7.05 Å². The molecule has 0 aliphatic heterocycles. The van der Waals surface area contributed by atoms with E-state index in [0.29, 0.717) is 0 Å². The first-order valence-electron chi connectivity index (χ1n) is 4.30. The predicted molar refractivity (Wildman–Crippen MR) is 53.4 cm³/mol. The summed E-state index contributed by atoms with van der Waals surface area (Å²) in [5.74, 6) is 0. The zero-order chi connectivity index (χ0) is 9.68. The molecule has 0 radical (unpaired) electrons. The van der Waals surface area contributed by atoms with Gasteiger partial charge in [-0.3, -0.25) is 0 Å². The zero-order valence-electron chi connectivity index (χ0n) is 8.00. The van der Waals surface area contributed by atoms with Crippen molar-refractivity contribution in [3.8, 4) is 0 Å². The van der Waals surface area contributed by atoms with Crippen LogP contribution in [-0.4, -0.2) is 7.05 Å². The number of hydrogen-bond acceptors (Lipinski definition) is 3. The highest BCUT2D eigenvalue weighted by Gasteiger charge is 1.99. The topological polar surface area (TPSA) is 41.5 Å². The van der Waals surface area contributed by atoms with Gasteiger partial charge >= 0.3 is 0 Å². The van der Waals surface area contributed by atoms with Crippen LogP contribution in [0.4, 0.5) is 0 Å². The Bertz CT molecular complexity index is 297. The fourth-order valence-corrected chi connectivity index (χ4v) is 1.32. The van der Waals surface area contributed by atoms with E-state index in [9.17, 15) is 4.91 Å². The lowest BCUT2D eigenvalue weighted by atomic mass is 10.1. The Kier molecular flexibility index (Phi) is 3.58. The van der Waals surface area contributed by atoms with Gasteiger partial charge in [0, 0.05) is 6.54 Å². The number of benzene rings is 1. The Morgan fingerprint density at radius 1 is 1.46 bits per heavy atom. The summed E-state index contributed by atoms with van der Waals surface area (Å²) in [6.07, 6.45) is 0. The molecular weight excluding hydrogens is 164 g/mol. The number of rotatable bonds is 4. The maximum atomic E-state index is 10.1. The fraction of sp³-hybridized carbons (Fsp3) is 0.400. The molecule has 70 valence electrons. The van der Waals surface area contributed by atoms with Crippen LogP contribution in [0.1, 0.15) is 16.7 Å². The number of nitrogens with one attached hydrogen (secondary N) is 1. The van der Waals surface area contributed by atoms with Gasteiger partial charge in [-0.25, -0.2) is 0 Å².